The van der Waals surface area contributed by atoms with Crippen LogP contribution in [0, 0.1) is 35.0 Å². The third kappa shape index (κ3) is 2.14. The van der Waals surface area contributed by atoms with E-state index in [9.17, 15) is 5.11 Å². The van der Waals surface area contributed by atoms with Gasteiger partial charge in [-0.3, -0.25) is 0 Å². The summed E-state index contributed by atoms with van der Waals surface area (Å²) in [7, 11) is 0. The molecule has 0 amide bonds. The number of hydrogen-bond acceptors (Lipinski definition) is 1. The maximum atomic E-state index is 10.5. The molecule has 4 aliphatic rings. The van der Waals surface area contributed by atoms with E-state index in [0.29, 0.717) is 5.41 Å². The van der Waals surface area contributed by atoms with Crippen molar-refractivity contribution in [2.45, 2.75) is 84.2 Å². The Morgan fingerprint density at radius 1 is 0.955 bits per heavy atom. The van der Waals surface area contributed by atoms with Crippen LogP contribution in [0.2, 0.25) is 0 Å². The van der Waals surface area contributed by atoms with Crippen LogP contribution >= 0.6 is 0 Å². The van der Waals surface area contributed by atoms with Crippen LogP contribution in [0.5, 0.6) is 0 Å². The molecule has 0 aromatic heterocycles. The molecule has 0 radical (unpaired) electrons. The van der Waals surface area contributed by atoms with Crippen LogP contribution < -0.4 is 0 Å². The SMILES string of the molecule is CC=C1CC[C@H]2[C@@H]3CC[C@H]4C[C@](C)(O)CC[C@@H]4[C@H]3CC[C@]12C. The second kappa shape index (κ2) is 5.10. The molecule has 0 saturated heterocycles. The smallest absolute Gasteiger partial charge is 0.0622 e. The Bertz CT molecular complexity index is 476. The second-order valence-electron chi connectivity index (χ2n) is 9.48. The zero-order valence-electron chi connectivity index (χ0n) is 14.8. The molecule has 4 fully saturated rings. The van der Waals surface area contributed by atoms with Crippen molar-refractivity contribution in [2.75, 3.05) is 0 Å². The number of fused-ring (bicyclic) bond motifs is 5. The highest BCUT2D eigenvalue weighted by Crippen LogP contribution is 2.64. The molecular weight excluding hydrogens is 268 g/mol. The molecule has 1 heteroatoms. The summed E-state index contributed by atoms with van der Waals surface area (Å²) in [5, 5.41) is 10.5. The topological polar surface area (TPSA) is 20.2 Å². The van der Waals surface area contributed by atoms with Gasteiger partial charge in [-0.15, -0.1) is 0 Å². The Kier molecular flexibility index (Phi) is 3.53. The van der Waals surface area contributed by atoms with Crippen LogP contribution in [0.1, 0.15) is 78.6 Å². The molecule has 0 unspecified atom stereocenters. The molecule has 0 spiro atoms. The van der Waals surface area contributed by atoms with E-state index in [-0.39, 0.29) is 5.60 Å². The van der Waals surface area contributed by atoms with E-state index in [1.165, 1.54) is 44.9 Å². The van der Waals surface area contributed by atoms with Gasteiger partial charge in [0.2, 0.25) is 0 Å². The number of aliphatic hydroxyl groups is 1. The van der Waals surface area contributed by atoms with Gasteiger partial charge in [-0.25, -0.2) is 0 Å². The quantitative estimate of drug-likeness (QED) is 0.599. The van der Waals surface area contributed by atoms with E-state index in [4.69, 9.17) is 0 Å². The summed E-state index contributed by atoms with van der Waals surface area (Å²) in [6.45, 7) is 6.91. The fourth-order valence-corrected chi connectivity index (χ4v) is 7.40. The maximum absolute atomic E-state index is 10.5. The van der Waals surface area contributed by atoms with Crippen LogP contribution in [-0.4, -0.2) is 10.7 Å². The van der Waals surface area contributed by atoms with Crippen molar-refractivity contribution in [3.8, 4) is 0 Å². The molecular formula is C21H34O. The van der Waals surface area contributed by atoms with Gasteiger partial charge in [0.05, 0.1) is 5.60 Å². The van der Waals surface area contributed by atoms with Crippen LogP contribution in [0.4, 0.5) is 0 Å². The third-order valence-corrected chi connectivity index (χ3v) is 8.43. The van der Waals surface area contributed by atoms with Crippen molar-refractivity contribution >= 4 is 0 Å². The molecule has 4 rings (SSSR count). The molecule has 0 aromatic carbocycles. The summed E-state index contributed by atoms with van der Waals surface area (Å²) in [4.78, 5) is 0. The first-order valence-corrected chi connectivity index (χ1v) is 9.83. The van der Waals surface area contributed by atoms with Crippen molar-refractivity contribution in [1.29, 1.82) is 0 Å². The molecule has 1 N–H and O–H groups in total. The zero-order chi connectivity index (χ0) is 15.5. The molecule has 0 aliphatic heterocycles. The molecule has 0 heterocycles. The third-order valence-electron chi connectivity index (χ3n) is 8.43. The molecule has 1 nitrogen and oxygen atoms in total. The standard InChI is InChI=1S/C21H34O/c1-4-15-6-8-19-18-7-5-14-13-20(2,22)11-9-16(14)17(18)10-12-21(15,19)3/h4,14,16-19,22H,5-13H2,1-3H3/t14-,16-,17+,18+,19-,20+,21+/m0/s1. The van der Waals surface area contributed by atoms with Crippen LogP contribution in [-0.2, 0) is 0 Å². The van der Waals surface area contributed by atoms with Crippen molar-refractivity contribution in [3.05, 3.63) is 11.6 Å². The van der Waals surface area contributed by atoms with Gasteiger partial charge in [0.25, 0.3) is 0 Å². The van der Waals surface area contributed by atoms with Crippen LogP contribution in [0.25, 0.3) is 0 Å². The summed E-state index contributed by atoms with van der Waals surface area (Å²) in [5.74, 6) is 4.67. The van der Waals surface area contributed by atoms with E-state index < -0.39 is 0 Å². The Labute approximate surface area is 136 Å². The summed E-state index contributed by atoms with van der Waals surface area (Å²) in [5.41, 5.74) is 1.93. The Balaban J connectivity index is 1.57. The minimum atomic E-state index is -0.372. The zero-order valence-corrected chi connectivity index (χ0v) is 14.8. The first kappa shape index (κ1) is 15.2. The Morgan fingerprint density at radius 2 is 1.73 bits per heavy atom. The van der Waals surface area contributed by atoms with Gasteiger partial charge in [-0.05, 0) is 107 Å². The van der Waals surface area contributed by atoms with E-state index in [0.717, 1.165) is 42.4 Å². The average molecular weight is 303 g/mol. The lowest BCUT2D eigenvalue weighted by Gasteiger charge is -2.56. The van der Waals surface area contributed by atoms with Crippen molar-refractivity contribution in [2.24, 2.45) is 35.0 Å². The first-order valence-electron chi connectivity index (χ1n) is 9.83. The minimum absolute atomic E-state index is 0.372. The van der Waals surface area contributed by atoms with Gasteiger partial charge in [-0.2, -0.15) is 0 Å². The van der Waals surface area contributed by atoms with Gasteiger partial charge < -0.3 is 5.11 Å². The molecule has 4 aliphatic carbocycles. The highest BCUT2D eigenvalue weighted by Gasteiger charge is 2.55. The number of hydrogen-bond donors (Lipinski definition) is 1. The summed E-state index contributed by atoms with van der Waals surface area (Å²) < 4.78 is 0. The lowest BCUT2D eigenvalue weighted by Crippen LogP contribution is -2.49. The minimum Gasteiger partial charge on any atom is -0.390 e. The monoisotopic (exact) mass is 302 g/mol. The van der Waals surface area contributed by atoms with E-state index in [1.807, 2.05) is 0 Å². The van der Waals surface area contributed by atoms with Crippen LogP contribution in [0.3, 0.4) is 0 Å². The number of allylic oxidation sites excluding steroid dienone is 2. The second-order valence-corrected chi connectivity index (χ2v) is 9.48. The summed E-state index contributed by atoms with van der Waals surface area (Å²) >= 11 is 0. The normalized spacial score (nSPS) is 56.4. The highest BCUT2D eigenvalue weighted by atomic mass is 16.3. The van der Waals surface area contributed by atoms with Gasteiger partial charge in [0, 0.05) is 0 Å². The number of rotatable bonds is 0. The van der Waals surface area contributed by atoms with Crippen molar-refractivity contribution < 1.29 is 5.11 Å². The molecule has 7 atom stereocenters. The predicted octanol–water partition coefficient (Wildman–Crippen LogP) is 5.34. The predicted molar refractivity (Wildman–Crippen MR) is 91.5 cm³/mol. The lowest BCUT2D eigenvalue weighted by molar-refractivity contribution is -0.0899. The van der Waals surface area contributed by atoms with Gasteiger partial charge >= 0.3 is 0 Å². The molecule has 4 saturated carbocycles. The van der Waals surface area contributed by atoms with Gasteiger partial charge in [0.15, 0.2) is 0 Å². The maximum Gasteiger partial charge on any atom is 0.0622 e. The highest BCUT2D eigenvalue weighted by molar-refractivity contribution is 5.23. The largest absolute Gasteiger partial charge is 0.390 e. The molecule has 0 aromatic rings. The van der Waals surface area contributed by atoms with Crippen molar-refractivity contribution in [1.82, 2.24) is 0 Å². The van der Waals surface area contributed by atoms with Gasteiger partial charge in [0.1, 0.15) is 0 Å². The van der Waals surface area contributed by atoms with Gasteiger partial charge in [-0.1, -0.05) is 18.6 Å². The molecule has 124 valence electrons. The van der Waals surface area contributed by atoms with E-state index >= 15 is 0 Å². The van der Waals surface area contributed by atoms with E-state index in [1.54, 1.807) is 5.57 Å². The Morgan fingerprint density at radius 3 is 2.50 bits per heavy atom. The molecule has 0 bridgehead atoms. The summed E-state index contributed by atoms with van der Waals surface area (Å²) in [6.07, 6.45) is 14.4. The summed E-state index contributed by atoms with van der Waals surface area (Å²) in [6, 6.07) is 0. The fraction of sp³-hybridized carbons (Fsp3) is 0.905. The Hall–Kier alpha value is -0.300. The van der Waals surface area contributed by atoms with Crippen LogP contribution in [0.15, 0.2) is 11.6 Å². The average Bonchev–Trinajstić information content (AvgIpc) is 2.82. The van der Waals surface area contributed by atoms with Crippen molar-refractivity contribution in [3.63, 3.8) is 0 Å². The van der Waals surface area contributed by atoms with E-state index in [2.05, 4.69) is 26.8 Å². The molecule has 22 heavy (non-hydrogen) atoms. The fourth-order valence-electron chi connectivity index (χ4n) is 7.40. The lowest BCUT2D eigenvalue weighted by atomic mass is 9.49. The first-order chi connectivity index (χ1) is 10.4.